The molecule has 0 atom stereocenters. The van der Waals surface area contributed by atoms with E-state index in [9.17, 15) is 13.2 Å². The lowest BCUT2D eigenvalue weighted by molar-refractivity contribution is -0.124. The molecule has 0 radical (unpaired) electrons. The Morgan fingerprint density at radius 2 is 1.92 bits per heavy atom. The Bertz CT molecular complexity index is 658. The maximum absolute atomic E-state index is 12.7. The molecule has 6 nitrogen and oxygen atoms in total. The van der Waals surface area contributed by atoms with Gasteiger partial charge in [-0.3, -0.25) is 4.79 Å². The van der Waals surface area contributed by atoms with E-state index in [2.05, 4.69) is 10.6 Å². The van der Waals surface area contributed by atoms with E-state index >= 15 is 0 Å². The number of ether oxygens (including phenoxy) is 1. The van der Waals surface area contributed by atoms with Crippen LogP contribution in [0.3, 0.4) is 0 Å². The molecule has 1 aromatic carbocycles. The van der Waals surface area contributed by atoms with Gasteiger partial charge in [-0.2, -0.15) is 0 Å². The smallest absolute Gasteiger partial charge is 0.241 e. The fourth-order valence-corrected chi connectivity index (χ4v) is 4.23. The summed E-state index contributed by atoms with van der Waals surface area (Å²) in [6.07, 6.45) is 1.74. The van der Waals surface area contributed by atoms with Crippen molar-refractivity contribution in [1.29, 1.82) is 0 Å². The third-order valence-electron chi connectivity index (χ3n) is 4.25. The SMILES string of the molecule is CCOc1ccccc1CNC(=O)C1(S(C)(=O)=O)CCNCC1.Cl. The molecule has 1 aromatic rings. The lowest BCUT2D eigenvalue weighted by Crippen LogP contribution is -2.57. The summed E-state index contributed by atoms with van der Waals surface area (Å²) in [5.74, 6) is 0.279. The highest BCUT2D eigenvalue weighted by molar-refractivity contribution is 7.92. The number of benzene rings is 1. The molecule has 1 aliphatic heterocycles. The quantitative estimate of drug-likeness (QED) is 0.781. The van der Waals surface area contributed by atoms with Crippen LogP contribution in [-0.4, -0.2) is 45.0 Å². The zero-order valence-electron chi connectivity index (χ0n) is 14.0. The van der Waals surface area contributed by atoms with Crippen molar-refractivity contribution >= 4 is 28.2 Å². The largest absolute Gasteiger partial charge is 0.494 e. The number of nitrogens with one attached hydrogen (secondary N) is 2. The average molecular weight is 377 g/mol. The number of hydrogen-bond acceptors (Lipinski definition) is 5. The normalized spacial score (nSPS) is 16.8. The van der Waals surface area contributed by atoms with Crippen LogP contribution in [0.15, 0.2) is 24.3 Å². The number of sulfone groups is 1. The Morgan fingerprint density at radius 1 is 1.29 bits per heavy atom. The summed E-state index contributed by atoms with van der Waals surface area (Å²) >= 11 is 0. The van der Waals surface area contributed by atoms with Gasteiger partial charge in [-0.15, -0.1) is 12.4 Å². The van der Waals surface area contributed by atoms with Crippen molar-refractivity contribution < 1.29 is 17.9 Å². The van der Waals surface area contributed by atoms with Gasteiger partial charge in [0, 0.05) is 18.4 Å². The van der Waals surface area contributed by atoms with Gasteiger partial charge in [0.15, 0.2) is 14.6 Å². The van der Waals surface area contributed by atoms with Crippen LogP contribution in [0.25, 0.3) is 0 Å². The Kier molecular flexibility index (Phi) is 7.51. The van der Waals surface area contributed by atoms with E-state index in [1.165, 1.54) is 0 Å². The van der Waals surface area contributed by atoms with Gasteiger partial charge in [-0.25, -0.2) is 8.42 Å². The molecule has 1 saturated heterocycles. The molecule has 8 heteroatoms. The Labute approximate surface area is 149 Å². The highest BCUT2D eigenvalue weighted by Gasteiger charge is 2.48. The number of piperidine rings is 1. The van der Waals surface area contributed by atoms with Gasteiger partial charge in [0.2, 0.25) is 5.91 Å². The van der Waals surface area contributed by atoms with Crippen molar-refractivity contribution in [1.82, 2.24) is 10.6 Å². The van der Waals surface area contributed by atoms with E-state index in [1.54, 1.807) is 0 Å². The van der Waals surface area contributed by atoms with Crippen molar-refractivity contribution in [3.63, 3.8) is 0 Å². The molecule has 1 amide bonds. The van der Waals surface area contributed by atoms with Crippen LogP contribution in [0.2, 0.25) is 0 Å². The number of carbonyl (C=O) groups excluding carboxylic acids is 1. The lowest BCUT2D eigenvalue weighted by atomic mass is 9.95. The number of para-hydroxylation sites is 1. The van der Waals surface area contributed by atoms with E-state index in [-0.39, 0.29) is 19.0 Å². The summed E-state index contributed by atoms with van der Waals surface area (Å²) in [5, 5.41) is 5.89. The first-order valence-electron chi connectivity index (χ1n) is 7.80. The molecule has 1 heterocycles. The number of carbonyl (C=O) groups is 1. The first-order chi connectivity index (χ1) is 10.9. The fraction of sp³-hybridized carbons (Fsp3) is 0.562. The zero-order valence-corrected chi connectivity index (χ0v) is 15.6. The number of rotatable bonds is 6. The predicted octanol–water partition coefficient (Wildman–Crippen LogP) is 1.29. The first kappa shape index (κ1) is 20.7. The maximum atomic E-state index is 12.7. The van der Waals surface area contributed by atoms with Gasteiger partial charge < -0.3 is 15.4 Å². The van der Waals surface area contributed by atoms with Crippen LogP contribution in [0.5, 0.6) is 5.75 Å². The van der Waals surface area contributed by atoms with E-state index in [1.807, 2.05) is 31.2 Å². The molecule has 2 N–H and O–H groups in total. The van der Waals surface area contributed by atoms with Crippen molar-refractivity contribution in [3.05, 3.63) is 29.8 Å². The van der Waals surface area contributed by atoms with Crippen LogP contribution >= 0.6 is 12.4 Å². The van der Waals surface area contributed by atoms with Crippen LogP contribution in [0.1, 0.15) is 25.3 Å². The summed E-state index contributed by atoms with van der Waals surface area (Å²) in [6.45, 7) is 3.72. The zero-order chi connectivity index (χ0) is 16.9. The van der Waals surface area contributed by atoms with Gasteiger partial charge in [-0.05, 0) is 38.9 Å². The molecule has 0 unspecified atom stereocenters. The van der Waals surface area contributed by atoms with Crippen LogP contribution in [0.4, 0.5) is 0 Å². The minimum Gasteiger partial charge on any atom is -0.494 e. The van der Waals surface area contributed by atoms with Gasteiger partial charge >= 0.3 is 0 Å². The molecule has 136 valence electrons. The van der Waals surface area contributed by atoms with E-state index in [0.717, 1.165) is 11.8 Å². The monoisotopic (exact) mass is 376 g/mol. The molecule has 0 bridgehead atoms. The number of hydrogen-bond donors (Lipinski definition) is 2. The van der Waals surface area contributed by atoms with Gasteiger partial charge in [0.1, 0.15) is 5.75 Å². The highest BCUT2D eigenvalue weighted by Crippen LogP contribution is 2.28. The summed E-state index contributed by atoms with van der Waals surface area (Å²) in [4.78, 5) is 12.7. The number of amides is 1. The van der Waals surface area contributed by atoms with Gasteiger partial charge in [0.25, 0.3) is 0 Å². The van der Waals surface area contributed by atoms with E-state index in [0.29, 0.717) is 38.3 Å². The molecular formula is C16H25ClN2O4S. The summed E-state index contributed by atoms with van der Waals surface area (Å²) in [7, 11) is -3.49. The average Bonchev–Trinajstić information content (AvgIpc) is 2.53. The van der Waals surface area contributed by atoms with Crippen LogP contribution in [-0.2, 0) is 21.2 Å². The topological polar surface area (TPSA) is 84.5 Å². The molecule has 0 spiro atoms. The molecule has 2 rings (SSSR count). The van der Waals surface area contributed by atoms with Gasteiger partial charge in [0.05, 0.1) is 6.61 Å². The molecule has 24 heavy (non-hydrogen) atoms. The van der Waals surface area contributed by atoms with Gasteiger partial charge in [-0.1, -0.05) is 18.2 Å². The summed E-state index contributed by atoms with van der Waals surface area (Å²) < 4.78 is 28.6. The Hall–Kier alpha value is -1.31. The van der Waals surface area contributed by atoms with E-state index < -0.39 is 20.5 Å². The second kappa shape index (κ2) is 8.69. The second-order valence-electron chi connectivity index (χ2n) is 5.74. The number of halogens is 1. The maximum Gasteiger partial charge on any atom is 0.241 e. The molecular weight excluding hydrogens is 352 g/mol. The lowest BCUT2D eigenvalue weighted by Gasteiger charge is -2.34. The fourth-order valence-electron chi connectivity index (χ4n) is 2.88. The van der Waals surface area contributed by atoms with Crippen molar-refractivity contribution in [2.45, 2.75) is 31.1 Å². The van der Waals surface area contributed by atoms with Crippen molar-refractivity contribution in [2.75, 3.05) is 26.0 Å². The minimum atomic E-state index is -3.49. The van der Waals surface area contributed by atoms with E-state index in [4.69, 9.17) is 4.74 Å². The highest BCUT2D eigenvalue weighted by atomic mass is 35.5. The minimum absolute atomic E-state index is 0. The molecule has 1 fully saturated rings. The molecule has 0 saturated carbocycles. The second-order valence-corrected chi connectivity index (χ2v) is 8.07. The third-order valence-corrected chi connectivity index (χ3v) is 6.26. The predicted molar refractivity (Wildman–Crippen MR) is 96.4 cm³/mol. The third kappa shape index (κ3) is 4.40. The first-order valence-corrected chi connectivity index (χ1v) is 9.69. The summed E-state index contributed by atoms with van der Waals surface area (Å²) in [6, 6.07) is 7.42. The molecule has 0 aliphatic carbocycles. The van der Waals surface area contributed by atoms with Crippen LogP contribution in [0, 0.1) is 0 Å². The Balaban J connectivity index is 0.00000288. The standard InChI is InChI=1S/C16H24N2O4S.ClH/c1-3-22-14-7-5-4-6-13(14)12-18-15(19)16(23(2,20)21)8-10-17-11-9-16;/h4-7,17H,3,8-12H2,1-2H3,(H,18,19);1H. The molecule has 1 aliphatic rings. The van der Waals surface area contributed by atoms with Crippen molar-refractivity contribution in [3.8, 4) is 5.75 Å². The van der Waals surface area contributed by atoms with Crippen molar-refractivity contribution in [2.24, 2.45) is 0 Å². The summed E-state index contributed by atoms with van der Waals surface area (Å²) in [5.41, 5.74) is 0.834. The Morgan fingerprint density at radius 3 is 2.50 bits per heavy atom. The van der Waals surface area contributed by atoms with Crippen LogP contribution < -0.4 is 15.4 Å². The molecule has 0 aromatic heterocycles.